The van der Waals surface area contributed by atoms with E-state index in [2.05, 4.69) is 25.3 Å². The van der Waals surface area contributed by atoms with Crippen LogP contribution in [0.2, 0.25) is 0 Å². The van der Waals surface area contributed by atoms with Crippen molar-refractivity contribution in [3.8, 4) is 0 Å². The molecule has 0 amide bonds. The van der Waals surface area contributed by atoms with Crippen molar-refractivity contribution in [1.82, 2.24) is 24.6 Å². The largest absolute Gasteiger partial charge is 0.378 e. The number of likely N-dealkylation sites (tertiary alicyclic amines) is 1. The molecule has 0 spiro atoms. The summed E-state index contributed by atoms with van der Waals surface area (Å²) in [6.45, 7) is 4.09. The van der Waals surface area contributed by atoms with Crippen molar-refractivity contribution in [1.29, 1.82) is 0 Å². The maximum atomic E-state index is 10.7. The highest BCUT2D eigenvalue weighted by Gasteiger charge is 2.14. The van der Waals surface area contributed by atoms with Gasteiger partial charge in [0.15, 0.2) is 0 Å². The van der Waals surface area contributed by atoms with Crippen LogP contribution in [-0.2, 0) is 6.54 Å². The number of nitrogens with two attached hydrogens (primary N) is 1. The maximum absolute atomic E-state index is 10.7. The number of piperidine rings is 1. The molecule has 2 aromatic heterocycles. The minimum Gasteiger partial charge on any atom is -0.378 e. The average Bonchev–Trinajstić information content (AvgIpc) is 3.01. The Bertz CT molecular complexity index is 711. The van der Waals surface area contributed by atoms with Gasteiger partial charge in [0.25, 0.3) is 0 Å². The average molecular weight is 332 g/mol. The van der Waals surface area contributed by atoms with Crippen LogP contribution in [0.15, 0.2) is 18.6 Å². The molecule has 0 atom stereocenters. The number of nitrogens with one attached hydrogen (secondary N) is 1. The van der Waals surface area contributed by atoms with Gasteiger partial charge in [-0.1, -0.05) is 6.42 Å². The zero-order chi connectivity index (χ0) is 16.9. The predicted octanol–water partition coefficient (Wildman–Crippen LogP) is 1.39. The molecule has 0 radical (unpaired) electrons. The predicted molar refractivity (Wildman–Crippen MR) is 88.9 cm³/mol. The molecule has 0 aliphatic carbocycles. The van der Waals surface area contributed by atoms with Crippen LogP contribution in [0.4, 0.5) is 23.1 Å². The third kappa shape index (κ3) is 3.96. The highest BCUT2D eigenvalue weighted by Crippen LogP contribution is 2.20. The van der Waals surface area contributed by atoms with Gasteiger partial charge in [-0.05, 0) is 25.9 Å². The summed E-state index contributed by atoms with van der Waals surface area (Å²) < 4.78 is 1.85. The van der Waals surface area contributed by atoms with Gasteiger partial charge in [-0.3, -0.25) is 14.8 Å². The minimum absolute atomic E-state index is 0.171. The van der Waals surface area contributed by atoms with E-state index in [4.69, 9.17) is 5.73 Å². The van der Waals surface area contributed by atoms with Crippen LogP contribution in [0.25, 0.3) is 0 Å². The SMILES string of the molecule is Nc1nc(Nc2cnn(CCN3CCCCC3)c2)ncc1[N+](=O)[O-]. The molecule has 128 valence electrons. The number of aromatic nitrogens is 4. The number of anilines is 3. The van der Waals surface area contributed by atoms with Crippen LogP contribution in [0.5, 0.6) is 0 Å². The van der Waals surface area contributed by atoms with E-state index in [0.717, 1.165) is 32.4 Å². The lowest BCUT2D eigenvalue weighted by Crippen LogP contribution is -2.32. The van der Waals surface area contributed by atoms with Crippen LogP contribution < -0.4 is 11.1 Å². The van der Waals surface area contributed by atoms with Gasteiger partial charge in [0.2, 0.25) is 11.8 Å². The fourth-order valence-electron chi connectivity index (χ4n) is 2.70. The summed E-state index contributed by atoms with van der Waals surface area (Å²) in [6.07, 6.45) is 8.47. The molecular weight excluding hydrogens is 312 g/mol. The Hall–Kier alpha value is -2.75. The zero-order valence-corrected chi connectivity index (χ0v) is 13.3. The number of hydrogen-bond acceptors (Lipinski definition) is 8. The first-order chi connectivity index (χ1) is 11.6. The van der Waals surface area contributed by atoms with Crippen LogP contribution in [-0.4, -0.2) is 49.2 Å². The first-order valence-corrected chi connectivity index (χ1v) is 7.90. The van der Waals surface area contributed by atoms with Gasteiger partial charge in [0.05, 0.1) is 23.4 Å². The molecule has 1 aliphatic heterocycles. The third-order valence-corrected chi connectivity index (χ3v) is 3.98. The molecule has 24 heavy (non-hydrogen) atoms. The Morgan fingerprint density at radius 2 is 2.04 bits per heavy atom. The standard InChI is InChI=1S/C14H20N8O2/c15-13-12(22(23)24)9-16-14(19-13)18-11-8-17-21(10-11)7-6-20-4-2-1-3-5-20/h8-10H,1-7H2,(H3,15,16,18,19). The Labute approximate surface area is 138 Å². The van der Waals surface area contributed by atoms with Gasteiger partial charge in [-0.15, -0.1) is 0 Å². The first-order valence-electron chi connectivity index (χ1n) is 7.90. The summed E-state index contributed by atoms with van der Waals surface area (Å²) in [4.78, 5) is 20.3. The number of nitrogen functional groups attached to an aromatic ring is 1. The van der Waals surface area contributed by atoms with E-state index in [1.165, 1.54) is 19.3 Å². The second kappa shape index (κ2) is 7.21. The smallest absolute Gasteiger partial charge is 0.329 e. The van der Waals surface area contributed by atoms with Gasteiger partial charge < -0.3 is 16.0 Å². The van der Waals surface area contributed by atoms with E-state index in [9.17, 15) is 10.1 Å². The minimum atomic E-state index is -0.613. The Balaban J connectivity index is 1.57. The quantitative estimate of drug-likeness (QED) is 0.600. The topological polar surface area (TPSA) is 128 Å². The summed E-state index contributed by atoms with van der Waals surface area (Å²) in [5.41, 5.74) is 5.95. The van der Waals surface area contributed by atoms with E-state index in [1.807, 2.05) is 10.9 Å². The summed E-state index contributed by atoms with van der Waals surface area (Å²) in [5, 5.41) is 17.9. The highest BCUT2D eigenvalue weighted by atomic mass is 16.6. The number of nitrogens with zero attached hydrogens (tertiary/aromatic N) is 6. The summed E-state index contributed by atoms with van der Waals surface area (Å²) in [6, 6.07) is 0. The normalized spacial score (nSPS) is 15.3. The summed E-state index contributed by atoms with van der Waals surface area (Å²) >= 11 is 0. The Kier molecular flexibility index (Phi) is 4.85. The monoisotopic (exact) mass is 332 g/mol. The molecule has 10 heteroatoms. The van der Waals surface area contributed by atoms with Gasteiger partial charge in [0, 0.05) is 12.7 Å². The molecule has 0 unspecified atom stereocenters. The zero-order valence-electron chi connectivity index (χ0n) is 13.3. The molecular formula is C14H20N8O2. The van der Waals surface area contributed by atoms with Gasteiger partial charge in [0.1, 0.15) is 6.20 Å². The first kappa shape index (κ1) is 16.1. The fraction of sp³-hybridized carbons (Fsp3) is 0.500. The number of nitro groups is 1. The van der Waals surface area contributed by atoms with Crippen LogP contribution in [0, 0.1) is 10.1 Å². The van der Waals surface area contributed by atoms with Crippen molar-refractivity contribution in [2.24, 2.45) is 0 Å². The van der Waals surface area contributed by atoms with E-state index in [1.54, 1.807) is 6.20 Å². The van der Waals surface area contributed by atoms with Crippen molar-refractivity contribution < 1.29 is 4.92 Å². The van der Waals surface area contributed by atoms with Crippen LogP contribution in [0.3, 0.4) is 0 Å². The summed E-state index contributed by atoms with van der Waals surface area (Å²) in [7, 11) is 0. The molecule has 3 heterocycles. The van der Waals surface area contributed by atoms with E-state index in [0.29, 0.717) is 5.69 Å². The van der Waals surface area contributed by atoms with Crippen molar-refractivity contribution in [2.45, 2.75) is 25.8 Å². The molecule has 0 aromatic carbocycles. The second-order valence-corrected chi connectivity index (χ2v) is 5.74. The van der Waals surface area contributed by atoms with Crippen molar-refractivity contribution >= 4 is 23.1 Å². The molecule has 3 rings (SSSR count). The molecule has 1 saturated heterocycles. The highest BCUT2D eigenvalue weighted by molar-refractivity contribution is 5.57. The van der Waals surface area contributed by atoms with Crippen LogP contribution in [0.1, 0.15) is 19.3 Å². The molecule has 1 fully saturated rings. The third-order valence-electron chi connectivity index (χ3n) is 3.98. The van der Waals surface area contributed by atoms with Crippen molar-refractivity contribution in [2.75, 3.05) is 30.7 Å². The lowest BCUT2D eigenvalue weighted by atomic mass is 10.1. The molecule has 0 bridgehead atoms. The van der Waals surface area contributed by atoms with Crippen molar-refractivity contribution in [3.05, 3.63) is 28.7 Å². The van der Waals surface area contributed by atoms with Gasteiger partial charge in [-0.25, -0.2) is 4.98 Å². The molecule has 10 nitrogen and oxygen atoms in total. The number of rotatable bonds is 6. The summed E-state index contributed by atoms with van der Waals surface area (Å²) in [5.74, 6) is 0.0312. The lowest BCUT2D eigenvalue weighted by Gasteiger charge is -2.26. The van der Waals surface area contributed by atoms with E-state index >= 15 is 0 Å². The molecule has 0 saturated carbocycles. The van der Waals surface area contributed by atoms with Gasteiger partial charge in [-0.2, -0.15) is 10.1 Å². The lowest BCUT2D eigenvalue weighted by molar-refractivity contribution is -0.384. The maximum Gasteiger partial charge on any atom is 0.329 e. The van der Waals surface area contributed by atoms with Crippen LogP contribution >= 0.6 is 0 Å². The van der Waals surface area contributed by atoms with Crippen molar-refractivity contribution in [3.63, 3.8) is 0 Å². The molecule has 1 aliphatic rings. The Morgan fingerprint density at radius 3 is 2.75 bits per heavy atom. The van der Waals surface area contributed by atoms with Gasteiger partial charge >= 0.3 is 5.69 Å². The fourth-order valence-corrected chi connectivity index (χ4v) is 2.70. The second-order valence-electron chi connectivity index (χ2n) is 5.74. The van der Waals surface area contributed by atoms with E-state index < -0.39 is 4.92 Å². The molecule has 2 aromatic rings. The molecule has 3 N–H and O–H groups in total. The van der Waals surface area contributed by atoms with E-state index in [-0.39, 0.29) is 17.5 Å². The number of hydrogen-bond donors (Lipinski definition) is 2. The Morgan fingerprint density at radius 1 is 1.25 bits per heavy atom.